The van der Waals surface area contributed by atoms with E-state index in [1.165, 1.54) is 6.07 Å². The maximum Gasteiger partial charge on any atom is 0.129 e. The zero-order chi connectivity index (χ0) is 13.0. The van der Waals surface area contributed by atoms with Crippen LogP contribution in [0.25, 0.3) is 0 Å². The Hall–Kier alpha value is -1.45. The van der Waals surface area contributed by atoms with Gasteiger partial charge in [-0.05, 0) is 42.4 Å². The van der Waals surface area contributed by atoms with Crippen LogP contribution >= 0.6 is 11.6 Å². The van der Waals surface area contributed by atoms with Crippen LogP contribution < -0.4 is 0 Å². The van der Waals surface area contributed by atoms with Crippen molar-refractivity contribution in [2.45, 2.75) is 13.1 Å². The van der Waals surface area contributed by atoms with E-state index in [1.54, 1.807) is 18.3 Å². The number of nitrogens with zero attached hydrogens (tertiary/aromatic N) is 2. The maximum absolute atomic E-state index is 13.1. The van der Waals surface area contributed by atoms with Crippen molar-refractivity contribution < 1.29 is 4.39 Å². The molecule has 18 heavy (non-hydrogen) atoms. The molecule has 2 rings (SSSR count). The van der Waals surface area contributed by atoms with Crippen LogP contribution in [0.2, 0.25) is 5.15 Å². The molecule has 1 aromatic heterocycles. The van der Waals surface area contributed by atoms with Gasteiger partial charge in [-0.25, -0.2) is 9.37 Å². The minimum Gasteiger partial charge on any atom is -0.298 e. The maximum atomic E-state index is 13.1. The number of rotatable bonds is 4. The highest BCUT2D eigenvalue weighted by Crippen LogP contribution is 2.11. The van der Waals surface area contributed by atoms with Gasteiger partial charge in [0.1, 0.15) is 11.0 Å². The van der Waals surface area contributed by atoms with Gasteiger partial charge in [0.2, 0.25) is 0 Å². The lowest BCUT2D eigenvalue weighted by molar-refractivity contribution is 0.318. The molecular weight excluding hydrogens is 251 g/mol. The monoisotopic (exact) mass is 264 g/mol. The summed E-state index contributed by atoms with van der Waals surface area (Å²) in [7, 11) is 1.99. The molecule has 0 radical (unpaired) electrons. The summed E-state index contributed by atoms with van der Waals surface area (Å²) in [6.07, 6.45) is 1.69. The van der Waals surface area contributed by atoms with E-state index >= 15 is 0 Å². The predicted molar refractivity (Wildman–Crippen MR) is 70.8 cm³/mol. The molecule has 2 aromatic rings. The number of halogens is 2. The average Bonchev–Trinajstić information content (AvgIpc) is 2.28. The Morgan fingerprint density at radius 1 is 1.17 bits per heavy atom. The Labute approximate surface area is 111 Å². The van der Waals surface area contributed by atoms with Crippen LogP contribution in [-0.4, -0.2) is 16.9 Å². The zero-order valence-corrected chi connectivity index (χ0v) is 10.9. The third kappa shape index (κ3) is 3.79. The van der Waals surface area contributed by atoms with Crippen LogP contribution in [0.1, 0.15) is 11.1 Å². The van der Waals surface area contributed by atoms with Gasteiger partial charge in [-0.15, -0.1) is 0 Å². The smallest absolute Gasteiger partial charge is 0.129 e. The number of aromatic nitrogens is 1. The Bertz CT molecular complexity index is 483. The molecule has 1 aromatic carbocycles. The van der Waals surface area contributed by atoms with E-state index in [2.05, 4.69) is 9.88 Å². The molecule has 0 amide bonds. The quantitative estimate of drug-likeness (QED) is 0.786. The number of hydrogen-bond acceptors (Lipinski definition) is 2. The van der Waals surface area contributed by atoms with Crippen molar-refractivity contribution in [1.82, 2.24) is 9.88 Å². The molecule has 0 spiro atoms. The van der Waals surface area contributed by atoms with Gasteiger partial charge in [-0.1, -0.05) is 23.7 Å². The van der Waals surface area contributed by atoms with Gasteiger partial charge in [0.15, 0.2) is 0 Å². The van der Waals surface area contributed by atoms with Gasteiger partial charge in [0.05, 0.1) is 0 Å². The van der Waals surface area contributed by atoms with Crippen molar-refractivity contribution in [3.63, 3.8) is 0 Å². The lowest BCUT2D eigenvalue weighted by Gasteiger charge is -2.16. The van der Waals surface area contributed by atoms with Gasteiger partial charge in [0.25, 0.3) is 0 Å². The third-order valence-corrected chi connectivity index (χ3v) is 2.79. The van der Waals surface area contributed by atoms with Crippen LogP contribution in [0.4, 0.5) is 4.39 Å². The van der Waals surface area contributed by atoms with Gasteiger partial charge in [-0.2, -0.15) is 0 Å². The van der Waals surface area contributed by atoms with Crippen LogP contribution in [0, 0.1) is 5.82 Å². The Balaban J connectivity index is 1.98. The summed E-state index contributed by atoms with van der Waals surface area (Å²) in [5.41, 5.74) is 2.05. The van der Waals surface area contributed by atoms with E-state index in [9.17, 15) is 4.39 Å². The molecule has 0 saturated heterocycles. The molecule has 0 unspecified atom stereocenters. The van der Waals surface area contributed by atoms with Gasteiger partial charge < -0.3 is 0 Å². The topological polar surface area (TPSA) is 16.1 Å². The minimum atomic E-state index is -0.201. The summed E-state index contributed by atoms with van der Waals surface area (Å²) in [5.74, 6) is -0.201. The second-order valence-corrected chi connectivity index (χ2v) is 4.68. The molecule has 1 heterocycles. The van der Waals surface area contributed by atoms with Gasteiger partial charge >= 0.3 is 0 Å². The zero-order valence-electron chi connectivity index (χ0n) is 10.1. The Morgan fingerprint density at radius 3 is 2.56 bits per heavy atom. The largest absolute Gasteiger partial charge is 0.298 e. The first kappa shape index (κ1) is 13.0. The Kier molecular flexibility index (Phi) is 4.28. The molecule has 0 aliphatic rings. The van der Waals surface area contributed by atoms with Gasteiger partial charge in [-0.3, -0.25) is 4.90 Å². The van der Waals surface area contributed by atoms with E-state index in [1.807, 2.05) is 25.2 Å². The molecule has 2 nitrogen and oxygen atoms in total. The predicted octanol–water partition coefficient (Wildman–Crippen LogP) is 3.51. The molecule has 0 N–H and O–H groups in total. The molecule has 94 valence electrons. The molecule has 4 heteroatoms. The van der Waals surface area contributed by atoms with Crippen LogP contribution in [0.15, 0.2) is 42.6 Å². The fourth-order valence-corrected chi connectivity index (χ4v) is 2.05. The molecule has 0 saturated carbocycles. The van der Waals surface area contributed by atoms with E-state index in [0.29, 0.717) is 11.7 Å². The third-order valence-electron chi connectivity index (χ3n) is 2.58. The fourth-order valence-electron chi connectivity index (χ4n) is 1.86. The molecule has 0 fully saturated rings. The highest BCUT2D eigenvalue weighted by Gasteiger charge is 2.03. The molecule has 0 aliphatic heterocycles. The summed E-state index contributed by atoms with van der Waals surface area (Å²) >= 11 is 5.83. The van der Waals surface area contributed by atoms with Crippen molar-refractivity contribution in [3.05, 3.63) is 64.7 Å². The van der Waals surface area contributed by atoms with Gasteiger partial charge in [0, 0.05) is 19.3 Å². The second kappa shape index (κ2) is 5.94. The highest BCUT2D eigenvalue weighted by molar-refractivity contribution is 6.29. The first-order chi connectivity index (χ1) is 8.63. The first-order valence-corrected chi connectivity index (χ1v) is 6.05. The molecular formula is C14H14ClFN2. The van der Waals surface area contributed by atoms with Crippen molar-refractivity contribution >= 4 is 11.6 Å². The average molecular weight is 265 g/mol. The lowest BCUT2D eigenvalue weighted by Crippen LogP contribution is -2.17. The molecule has 0 atom stereocenters. The number of benzene rings is 1. The number of pyridine rings is 1. The van der Waals surface area contributed by atoms with Crippen molar-refractivity contribution in [1.29, 1.82) is 0 Å². The highest BCUT2D eigenvalue weighted by atomic mass is 35.5. The minimum absolute atomic E-state index is 0.201. The summed E-state index contributed by atoms with van der Waals surface area (Å²) in [6.45, 7) is 1.44. The number of hydrogen-bond donors (Lipinski definition) is 0. The summed E-state index contributed by atoms with van der Waals surface area (Å²) in [6, 6.07) is 10.4. The van der Waals surface area contributed by atoms with E-state index in [-0.39, 0.29) is 5.82 Å². The summed E-state index contributed by atoms with van der Waals surface area (Å²) < 4.78 is 13.1. The van der Waals surface area contributed by atoms with E-state index < -0.39 is 0 Å². The standard InChI is InChI=1S/C14H14ClFN2/c1-18(9-11-3-2-4-13(16)7-11)10-12-5-6-17-14(15)8-12/h2-8H,9-10H2,1H3. The van der Waals surface area contributed by atoms with Crippen LogP contribution in [0.3, 0.4) is 0 Å². The molecule has 0 aliphatic carbocycles. The van der Waals surface area contributed by atoms with E-state index in [4.69, 9.17) is 11.6 Å². The second-order valence-electron chi connectivity index (χ2n) is 4.29. The van der Waals surface area contributed by atoms with Crippen molar-refractivity contribution in [3.8, 4) is 0 Å². The molecule has 0 bridgehead atoms. The Morgan fingerprint density at radius 2 is 1.89 bits per heavy atom. The van der Waals surface area contributed by atoms with Crippen molar-refractivity contribution in [2.75, 3.05) is 7.05 Å². The van der Waals surface area contributed by atoms with Crippen molar-refractivity contribution in [2.24, 2.45) is 0 Å². The fraction of sp³-hybridized carbons (Fsp3) is 0.214. The van der Waals surface area contributed by atoms with E-state index in [0.717, 1.165) is 17.7 Å². The summed E-state index contributed by atoms with van der Waals surface area (Å²) in [5, 5.41) is 0.492. The summed E-state index contributed by atoms with van der Waals surface area (Å²) in [4.78, 5) is 6.04. The SMILES string of the molecule is CN(Cc1cccc(F)c1)Cc1ccnc(Cl)c1. The van der Waals surface area contributed by atoms with Crippen LogP contribution in [-0.2, 0) is 13.1 Å². The first-order valence-electron chi connectivity index (χ1n) is 5.67. The lowest BCUT2D eigenvalue weighted by atomic mass is 10.2. The normalized spacial score (nSPS) is 10.9. The van der Waals surface area contributed by atoms with Crippen LogP contribution in [0.5, 0.6) is 0 Å².